The first-order valence-corrected chi connectivity index (χ1v) is 6.37. The van der Waals surface area contributed by atoms with E-state index in [9.17, 15) is 0 Å². The molecule has 2 aromatic heterocycles. The number of benzene rings is 1. The van der Waals surface area contributed by atoms with Crippen molar-refractivity contribution in [3.8, 4) is 11.4 Å². The van der Waals surface area contributed by atoms with Gasteiger partial charge in [-0.25, -0.2) is 0 Å². The molecule has 0 saturated carbocycles. The quantitative estimate of drug-likeness (QED) is 0.736. The number of nitrogens with zero attached hydrogens (tertiary/aromatic N) is 6. The highest BCUT2D eigenvalue weighted by atomic mass is 35.5. The molecule has 1 aromatic carbocycles. The van der Waals surface area contributed by atoms with Crippen LogP contribution in [0.1, 0.15) is 24.7 Å². The summed E-state index contributed by atoms with van der Waals surface area (Å²) in [5, 5.41) is 16.8. The molecule has 0 unspecified atom stereocenters. The fraction of sp³-hybridized carbons (Fsp3) is 0.250. The molecular weight excluding hydrogens is 280 g/mol. The highest BCUT2D eigenvalue weighted by Crippen LogP contribution is 2.19. The first-order valence-electron chi connectivity index (χ1n) is 5.99. The fourth-order valence-electron chi connectivity index (χ4n) is 1.69. The Hall–Kier alpha value is -2.28. The van der Waals surface area contributed by atoms with E-state index >= 15 is 0 Å². The van der Waals surface area contributed by atoms with Crippen LogP contribution in [0.4, 0.5) is 0 Å². The van der Waals surface area contributed by atoms with Crippen LogP contribution in [-0.2, 0) is 0 Å². The van der Waals surface area contributed by atoms with Crippen molar-refractivity contribution in [1.29, 1.82) is 0 Å². The van der Waals surface area contributed by atoms with Gasteiger partial charge in [-0.2, -0.15) is 9.78 Å². The van der Waals surface area contributed by atoms with Crippen LogP contribution >= 0.6 is 11.6 Å². The standard InChI is InChI=1S/C12H11ClN6O/c1-7(12-14-8(2)17-20-12)19-16-11(15-18-19)9-3-5-10(13)6-4-9/h3-7H,1-2H3/t7-/m0/s1. The van der Waals surface area contributed by atoms with Crippen molar-refractivity contribution in [2.24, 2.45) is 0 Å². The second-order valence-electron chi connectivity index (χ2n) is 4.30. The van der Waals surface area contributed by atoms with Gasteiger partial charge in [0.25, 0.3) is 5.89 Å². The minimum atomic E-state index is -0.273. The highest BCUT2D eigenvalue weighted by molar-refractivity contribution is 6.30. The van der Waals surface area contributed by atoms with Crippen LogP contribution in [0.25, 0.3) is 11.4 Å². The zero-order valence-electron chi connectivity index (χ0n) is 10.9. The van der Waals surface area contributed by atoms with E-state index in [-0.39, 0.29) is 6.04 Å². The molecule has 102 valence electrons. The average Bonchev–Trinajstić information content (AvgIpc) is 3.08. The van der Waals surface area contributed by atoms with Crippen molar-refractivity contribution < 1.29 is 4.52 Å². The molecule has 7 nitrogen and oxygen atoms in total. The third-order valence-electron chi connectivity index (χ3n) is 2.78. The minimum absolute atomic E-state index is 0.273. The Kier molecular flexibility index (Phi) is 3.19. The molecule has 1 atom stereocenters. The Labute approximate surface area is 119 Å². The van der Waals surface area contributed by atoms with Crippen LogP contribution < -0.4 is 0 Å². The normalized spacial score (nSPS) is 12.6. The van der Waals surface area contributed by atoms with Crippen molar-refractivity contribution in [2.45, 2.75) is 19.9 Å². The van der Waals surface area contributed by atoms with Gasteiger partial charge in [-0.15, -0.1) is 10.2 Å². The fourth-order valence-corrected chi connectivity index (χ4v) is 1.81. The van der Waals surface area contributed by atoms with E-state index in [1.54, 1.807) is 19.1 Å². The average molecular weight is 291 g/mol. The van der Waals surface area contributed by atoms with Crippen molar-refractivity contribution in [3.63, 3.8) is 0 Å². The maximum absolute atomic E-state index is 5.85. The van der Waals surface area contributed by atoms with Gasteiger partial charge in [0.2, 0.25) is 5.82 Å². The minimum Gasteiger partial charge on any atom is -0.337 e. The summed E-state index contributed by atoms with van der Waals surface area (Å²) >= 11 is 5.85. The first kappa shape index (κ1) is 12.7. The van der Waals surface area contributed by atoms with Crippen LogP contribution in [0.5, 0.6) is 0 Å². The molecule has 0 fully saturated rings. The monoisotopic (exact) mass is 290 g/mol. The molecule has 0 saturated heterocycles. The summed E-state index contributed by atoms with van der Waals surface area (Å²) < 4.78 is 5.10. The lowest BCUT2D eigenvalue weighted by molar-refractivity contribution is 0.319. The lowest BCUT2D eigenvalue weighted by Gasteiger charge is -2.02. The van der Waals surface area contributed by atoms with Crippen LogP contribution in [-0.4, -0.2) is 30.3 Å². The molecule has 0 N–H and O–H groups in total. The first-order chi connectivity index (χ1) is 9.63. The van der Waals surface area contributed by atoms with Gasteiger partial charge in [0, 0.05) is 10.6 Å². The second-order valence-corrected chi connectivity index (χ2v) is 4.73. The van der Waals surface area contributed by atoms with Gasteiger partial charge in [-0.05, 0) is 43.3 Å². The van der Waals surface area contributed by atoms with Gasteiger partial charge in [-0.1, -0.05) is 16.8 Å². The summed E-state index contributed by atoms with van der Waals surface area (Å²) in [7, 11) is 0. The molecule has 0 amide bonds. The molecule has 20 heavy (non-hydrogen) atoms. The third-order valence-corrected chi connectivity index (χ3v) is 3.03. The zero-order chi connectivity index (χ0) is 14.1. The predicted octanol–water partition coefficient (Wildman–Crippen LogP) is 2.29. The van der Waals surface area contributed by atoms with Gasteiger partial charge >= 0.3 is 0 Å². The lowest BCUT2D eigenvalue weighted by Crippen LogP contribution is -2.11. The van der Waals surface area contributed by atoms with E-state index < -0.39 is 0 Å². The largest absolute Gasteiger partial charge is 0.337 e. The number of aromatic nitrogens is 6. The molecule has 0 bridgehead atoms. The van der Waals surface area contributed by atoms with E-state index in [4.69, 9.17) is 16.1 Å². The van der Waals surface area contributed by atoms with Crippen molar-refractivity contribution in [2.75, 3.05) is 0 Å². The third kappa shape index (κ3) is 2.39. The number of aryl methyl sites for hydroxylation is 1. The molecule has 0 aliphatic heterocycles. The molecule has 0 aliphatic rings. The predicted molar refractivity (Wildman–Crippen MR) is 71.1 cm³/mol. The van der Waals surface area contributed by atoms with Gasteiger partial charge in [0.1, 0.15) is 6.04 Å². The molecule has 2 heterocycles. The van der Waals surface area contributed by atoms with E-state index in [0.717, 1.165) is 5.56 Å². The van der Waals surface area contributed by atoms with E-state index in [1.807, 2.05) is 19.1 Å². The number of tetrazole rings is 1. The van der Waals surface area contributed by atoms with Crippen molar-refractivity contribution >= 4 is 11.6 Å². The lowest BCUT2D eigenvalue weighted by atomic mass is 10.2. The second kappa shape index (κ2) is 5.01. The Morgan fingerprint density at radius 3 is 2.65 bits per heavy atom. The van der Waals surface area contributed by atoms with Crippen molar-refractivity contribution in [1.82, 2.24) is 30.3 Å². The van der Waals surface area contributed by atoms with E-state index in [1.165, 1.54) is 4.80 Å². The molecule has 0 radical (unpaired) electrons. The summed E-state index contributed by atoms with van der Waals surface area (Å²) in [6, 6.07) is 6.96. The number of hydrogen-bond donors (Lipinski definition) is 0. The Morgan fingerprint density at radius 1 is 1.25 bits per heavy atom. The number of hydrogen-bond acceptors (Lipinski definition) is 6. The Balaban J connectivity index is 1.88. The summed E-state index contributed by atoms with van der Waals surface area (Å²) in [6.45, 7) is 3.62. The topological polar surface area (TPSA) is 82.5 Å². The van der Waals surface area contributed by atoms with Crippen LogP contribution in [0, 0.1) is 6.92 Å². The smallest absolute Gasteiger partial charge is 0.253 e. The Morgan fingerprint density at radius 2 is 2.00 bits per heavy atom. The van der Waals surface area contributed by atoms with Crippen LogP contribution in [0.15, 0.2) is 28.8 Å². The van der Waals surface area contributed by atoms with E-state index in [2.05, 4.69) is 25.6 Å². The molecule has 3 aromatic rings. The molecule has 3 rings (SSSR count). The zero-order valence-corrected chi connectivity index (χ0v) is 11.6. The van der Waals surface area contributed by atoms with Gasteiger partial charge in [0.05, 0.1) is 0 Å². The Bertz CT molecular complexity index is 720. The van der Waals surface area contributed by atoms with E-state index in [0.29, 0.717) is 22.6 Å². The maximum Gasteiger partial charge on any atom is 0.253 e. The molecule has 8 heteroatoms. The van der Waals surface area contributed by atoms with Crippen LogP contribution in [0.2, 0.25) is 5.02 Å². The molecule has 0 spiro atoms. The summed E-state index contributed by atoms with van der Waals surface area (Å²) in [5.74, 6) is 1.54. The summed E-state index contributed by atoms with van der Waals surface area (Å²) in [4.78, 5) is 5.60. The summed E-state index contributed by atoms with van der Waals surface area (Å²) in [5.41, 5.74) is 0.842. The number of halogens is 1. The van der Waals surface area contributed by atoms with Crippen molar-refractivity contribution in [3.05, 3.63) is 41.0 Å². The molecular formula is C12H11ClN6O. The number of rotatable bonds is 3. The molecule has 0 aliphatic carbocycles. The SMILES string of the molecule is Cc1noc([C@H](C)n2nnc(-c3ccc(Cl)cc3)n2)n1. The highest BCUT2D eigenvalue weighted by Gasteiger charge is 2.18. The maximum atomic E-state index is 5.85. The van der Waals surface area contributed by atoms with Gasteiger partial charge in [0.15, 0.2) is 5.82 Å². The van der Waals surface area contributed by atoms with Gasteiger partial charge < -0.3 is 4.52 Å². The van der Waals surface area contributed by atoms with Gasteiger partial charge in [-0.3, -0.25) is 0 Å². The summed E-state index contributed by atoms with van der Waals surface area (Å²) in [6.07, 6.45) is 0. The van der Waals surface area contributed by atoms with Crippen LogP contribution in [0.3, 0.4) is 0 Å².